The minimum atomic E-state index is -3.75. The summed E-state index contributed by atoms with van der Waals surface area (Å²) in [5.41, 5.74) is 5.88. The lowest BCUT2D eigenvalue weighted by molar-refractivity contribution is -0.134. The Kier molecular flexibility index (Phi) is 6.14. The first kappa shape index (κ1) is 19.5. The van der Waals surface area contributed by atoms with Gasteiger partial charge in [0.2, 0.25) is 15.9 Å². The fourth-order valence-corrected chi connectivity index (χ4v) is 4.63. The monoisotopic (exact) mass is 393 g/mol. The number of halogens is 2. The molecule has 0 bridgehead atoms. The van der Waals surface area contributed by atoms with Gasteiger partial charge in [0.05, 0.1) is 16.1 Å². The highest BCUT2D eigenvalue weighted by Gasteiger charge is 2.33. The fraction of sp³-hybridized carbons (Fsp3) is 0.533. The molecule has 6 nitrogen and oxygen atoms in total. The summed E-state index contributed by atoms with van der Waals surface area (Å²) in [5, 5.41) is 0.203. The molecule has 134 valence electrons. The molecule has 1 heterocycles. The van der Waals surface area contributed by atoms with Gasteiger partial charge in [-0.15, -0.1) is 0 Å². The second-order valence-electron chi connectivity index (χ2n) is 6.05. The van der Waals surface area contributed by atoms with Crippen molar-refractivity contribution in [1.29, 1.82) is 0 Å². The Morgan fingerprint density at radius 2 is 1.75 bits per heavy atom. The second kappa shape index (κ2) is 7.58. The molecule has 9 heteroatoms. The highest BCUT2D eigenvalue weighted by molar-refractivity contribution is 7.89. The quantitative estimate of drug-likeness (QED) is 0.844. The Bertz CT molecular complexity index is 717. The van der Waals surface area contributed by atoms with Gasteiger partial charge in [0.15, 0.2) is 0 Å². The Balaban J connectivity index is 2.11. The number of hydrogen-bond donors (Lipinski definition) is 1. The molecule has 2 rings (SSSR count). The maximum Gasteiger partial charge on any atom is 0.244 e. The van der Waals surface area contributed by atoms with Crippen molar-refractivity contribution in [3.8, 4) is 0 Å². The largest absolute Gasteiger partial charge is 0.339 e. The number of nitrogens with zero attached hydrogens (tertiary/aromatic N) is 2. The lowest BCUT2D eigenvalue weighted by atomic mass is 10.0. The van der Waals surface area contributed by atoms with Crippen LogP contribution in [0.3, 0.4) is 0 Å². The van der Waals surface area contributed by atoms with Gasteiger partial charge in [-0.3, -0.25) is 4.79 Å². The maximum atomic E-state index is 12.7. The Morgan fingerprint density at radius 1 is 1.17 bits per heavy atom. The van der Waals surface area contributed by atoms with Crippen LogP contribution in [0.1, 0.15) is 13.8 Å². The summed E-state index contributed by atoms with van der Waals surface area (Å²) in [6.45, 7) is 4.76. The molecule has 1 atom stereocenters. The van der Waals surface area contributed by atoms with E-state index in [0.717, 1.165) is 0 Å². The van der Waals surface area contributed by atoms with Crippen molar-refractivity contribution in [3.63, 3.8) is 0 Å². The zero-order chi connectivity index (χ0) is 18.1. The van der Waals surface area contributed by atoms with E-state index in [4.69, 9.17) is 28.9 Å². The number of hydrogen-bond acceptors (Lipinski definition) is 4. The van der Waals surface area contributed by atoms with E-state index in [1.165, 1.54) is 16.4 Å². The summed E-state index contributed by atoms with van der Waals surface area (Å²) in [5.74, 6) is -0.118. The van der Waals surface area contributed by atoms with Crippen molar-refractivity contribution in [3.05, 3.63) is 28.2 Å². The molecule has 1 fully saturated rings. The number of sulfonamides is 1. The van der Waals surface area contributed by atoms with E-state index in [1.807, 2.05) is 13.8 Å². The molecular formula is C15H21Cl2N3O3S. The predicted octanol–water partition coefficient (Wildman–Crippen LogP) is 1.81. The lowest BCUT2D eigenvalue weighted by Crippen LogP contribution is -2.55. The number of carbonyl (C=O) groups is 1. The Labute approximate surface area is 152 Å². The molecule has 0 radical (unpaired) electrons. The number of amides is 1. The van der Waals surface area contributed by atoms with Crippen LogP contribution in [0.4, 0.5) is 0 Å². The van der Waals surface area contributed by atoms with Crippen molar-refractivity contribution in [2.45, 2.75) is 24.8 Å². The van der Waals surface area contributed by atoms with Gasteiger partial charge in [-0.25, -0.2) is 8.42 Å². The number of carbonyl (C=O) groups excluding carboxylic acids is 1. The van der Waals surface area contributed by atoms with Crippen LogP contribution in [0.2, 0.25) is 10.0 Å². The average Bonchev–Trinajstić information content (AvgIpc) is 2.55. The van der Waals surface area contributed by atoms with Gasteiger partial charge in [0, 0.05) is 26.2 Å². The van der Waals surface area contributed by atoms with Gasteiger partial charge >= 0.3 is 0 Å². The highest BCUT2D eigenvalue weighted by Crippen LogP contribution is 2.31. The molecule has 0 spiro atoms. The Hall–Kier alpha value is -0.860. The first-order chi connectivity index (χ1) is 11.2. The first-order valence-electron chi connectivity index (χ1n) is 7.64. The zero-order valence-corrected chi connectivity index (χ0v) is 15.9. The van der Waals surface area contributed by atoms with Crippen molar-refractivity contribution >= 4 is 39.1 Å². The average molecular weight is 394 g/mol. The van der Waals surface area contributed by atoms with Crippen molar-refractivity contribution in [1.82, 2.24) is 9.21 Å². The summed E-state index contributed by atoms with van der Waals surface area (Å²) in [7, 11) is -3.75. The van der Waals surface area contributed by atoms with E-state index in [1.54, 1.807) is 11.0 Å². The van der Waals surface area contributed by atoms with Crippen LogP contribution in [0.5, 0.6) is 0 Å². The van der Waals surface area contributed by atoms with Crippen LogP contribution < -0.4 is 5.73 Å². The molecule has 1 aliphatic heterocycles. The molecule has 0 aliphatic carbocycles. The van der Waals surface area contributed by atoms with Gasteiger partial charge < -0.3 is 10.6 Å². The van der Waals surface area contributed by atoms with Crippen molar-refractivity contribution < 1.29 is 13.2 Å². The normalized spacial score (nSPS) is 18.0. The molecule has 1 aliphatic rings. The summed E-state index contributed by atoms with van der Waals surface area (Å²) < 4.78 is 26.8. The smallest absolute Gasteiger partial charge is 0.244 e. The van der Waals surface area contributed by atoms with E-state index in [0.29, 0.717) is 13.1 Å². The van der Waals surface area contributed by atoms with Gasteiger partial charge in [-0.2, -0.15) is 4.31 Å². The molecule has 24 heavy (non-hydrogen) atoms. The molecule has 0 unspecified atom stereocenters. The third-order valence-corrected chi connectivity index (χ3v) is 6.96. The standard InChI is InChI=1S/C15H21Cl2N3O3S/c1-10(2)14(18)15(21)19-6-8-20(9-7-19)24(22,23)12-5-3-4-11(16)13(12)17/h3-5,10,14H,6-9,18H2,1-2H3/t14-/m0/s1. The predicted molar refractivity (Wildman–Crippen MR) is 94.6 cm³/mol. The summed E-state index contributed by atoms with van der Waals surface area (Å²) >= 11 is 11.9. The first-order valence-corrected chi connectivity index (χ1v) is 9.84. The van der Waals surface area contributed by atoms with Gasteiger partial charge in [0.1, 0.15) is 4.90 Å². The van der Waals surface area contributed by atoms with E-state index in [9.17, 15) is 13.2 Å². The van der Waals surface area contributed by atoms with Crippen LogP contribution in [0.15, 0.2) is 23.1 Å². The maximum absolute atomic E-state index is 12.7. The van der Waals surface area contributed by atoms with E-state index in [-0.39, 0.29) is 39.9 Å². The number of nitrogens with two attached hydrogens (primary N) is 1. The minimum absolute atomic E-state index is 0.0134. The third-order valence-electron chi connectivity index (χ3n) is 4.09. The summed E-state index contributed by atoms with van der Waals surface area (Å²) in [6.07, 6.45) is 0. The molecule has 1 amide bonds. The molecule has 2 N–H and O–H groups in total. The highest BCUT2D eigenvalue weighted by atomic mass is 35.5. The zero-order valence-electron chi connectivity index (χ0n) is 13.6. The number of rotatable bonds is 4. The van der Waals surface area contributed by atoms with Gasteiger partial charge in [-0.1, -0.05) is 43.1 Å². The SMILES string of the molecule is CC(C)[C@H](N)C(=O)N1CCN(S(=O)(=O)c2cccc(Cl)c2Cl)CC1. The topological polar surface area (TPSA) is 83.7 Å². The van der Waals surface area contributed by atoms with Crippen LogP contribution in [-0.2, 0) is 14.8 Å². The van der Waals surface area contributed by atoms with Crippen LogP contribution in [-0.4, -0.2) is 55.8 Å². The number of piperazine rings is 1. The van der Waals surface area contributed by atoms with Crippen LogP contribution >= 0.6 is 23.2 Å². The van der Waals surface area contributed by atoms with Crippen LogP contribution in [0, 0.1) is 5.92 Å². The van der Waals surface area contributed by atoms with E-state index < -0.39 is 16.1 Å². The fourth-order valence-electron chi connectivity index (χ4n) is 2.47. The van der Waals surface area contributed by atoms with Crippen molar-refractivity contribution in [2.24, 2.45) is 11.7 Å². The molecule has 1 aromatic carbocycles. The minimum Gasteiger partial charge on any atom is -0.339 e. The molecule has 0 saturated carbocycles. The van der Waals surface area contributed by atoms with Gasteiger partial charge in [-0.05, 0) is 18.1 Å². The molecule has 1 saturated heterocycles. The molecule has 1 aromatic rings. The molecule has 0 aromatic heterocycles. The third kappa shape index (κ3) is 3.86. The van der Waals surface area contributed by atoms with Crippen LogP contribution in [0.25, 0.3) is 0 Å². The number of benzene rings is 1. The van der Waals surface area contributed by atoms with E-state index >= 15 is 0 Å². The Morgan fingerprint density at radius 3 is 2.29 bits per heavy atom. The second-order valence-corrected chi connectivity index (χ2v) is 8.74. The van der Waals surface area contributed by atoms with E-state index in [2.05, 4.69) is 0 Å². The lowest BCUT2D eigenvalue weighted by Gasteiger charge is -2.35. The summed E-state index contributed by atoms with van der Waals surface area (Å²) in [6, 6.07) is 3.93. The van der Waals surface area contributed by atoms with Gasteiger partial charge in [0.25, 0.3) is 0 Å². The van der Waals surface area contributed by atoms with Crippen molar-refractivity contribution in [2.75, 3.05) is 26.2 Å². The summed E-state index contributed by atoms with van der Waals surface area (Å²) in [4.78, 5) is 13.8. The molecular weight excluding hydrogens is 373 g/mol.